The van der Waals surface area contributed by atoms with Gasteiger partial charge in [-0.15, -0.1) is 0 Å². The van der Waals surface area contributed by atoms with Gasteiger partial charge in [0.05, 0.1) is 11.9 Å². The number of aryl methyl sites for hydroxylation is 1. The number of pyridine rings is 1. The largest absolute Gasteiger partial charge is 0.436 e. The van der Waals surface area contributed by atoms with E-state index in [0.29, 0.717) is 41.4 Å². The standard InChI is InChI=1S/C31H30F2N8O3/c1-2-19-17-20(6-7-21(19)31(43)38-14-13-35-25(42)10-11-34)40-29-30-39-18-23(41(30)16-15-37-29)22-8-9-24(28(33)27(22)32)44-26-5-3-4-12-36-26/h3-9,12,15-18H,2,10-11,13-14,34H2,1H3,(H,35,42)(H,37,40)(H,38,43). The summed E-state index contributed by atoms with van der Waals surface area (Å²) in [5.74, 6) is -2.44. The predicted octanol–water partition coefficient (Wildman–Crippen LogP) is 4.36. The minimum atomic E-state index is -1.15. The fourth-order valence-corrected chi connectivity index (χ4v) is 4.55. The smallest absolute Gasteiger partial charge is 0.251 e. The van der Waals surface area contributed by atoms with Crippen molar-refractivity contribution >= 4 is 29.0 Å². The first-order valence-corrected chi connectivity index (χ1v) is 13.9. The van der Waals surface area contributed by atoms with Crippen molar-refractivity contribution in [1.29, 1.82) is 0 Å². The Hall–Kier alpha value is -5.43. The highest BCUT2D eigenvalue weighted by molar-refractivity contribution is 5.96. The van der Waals surface area contributed by atoms with Gasteiger partial charge in [0.1, 0.15) is 0 Å². The molecule has 0 atom stereocenters. The number of ether oxygens (including phenoxy) is 1. The zero-order valence-corrected chi connectivity index (χ0v) is 23.8. The summed E-state index contributed by atoms with van der Waals surface area (Å²) >= 11 is 0. The molecule has 0 saturated heterocycles. The Morgan fingerprint density at radius 1 is 0.977 bits per heavy atom. The zero-order valence-electron chi connectivity index (χ0n) is 23.8. The average molecular weight is 601 g/mol. The van der Waals surface area contributed by atoms with Crippen LogP contribution in [0.1, 0.15) is 29.3 Å². The van der Waals surface area contributed by atoms with Gasteiger partial charge in [0.25, 0.3) is 5.91 Å². The molecule has 5 aromatic rings. The first kappa shape index (κ1) is 30.0. The molecule has 0 aliphatic carbocycles. The number of nitrogens with zero attached hydrogens (tertiary/aromatic N) is 4. The molecule has 0 unspecified atom stereocenters. The van der Waals surface area contributed by atoms with Crippen molar-refractivity contribution in [3.05, 3.63) is 96.1 Å². The van der Waals surface area contributed by atoms with Gasteiger partial charge in [-0.1, -0.05) is 13.0 Å². The maximum Gasteiger partial charge on any atom is 0.251 e. The molecule has 0 radical (unpaired) electrons. The van der Waals surface area contributed by atoms with Gasteiger partial charge < -0.3 is 26.4 Å². The second-order valence-corrected chi connectivity index (χ2v) is 9.62. The molecule has 5 rings (SSSR count). The predicted molar refractivity (Wildman–Crippen MR) is 161 cm³/mol. The number of carbonyl (C=O) groups excluding carboxylic acids is 2. The lowest BCUT2D eigenvalue weighted by Crippen LogP contribution is -2.35. The van der Waals surface area contributed by atoms with Crippen LogP contribution in [0.5, 0.6) is 11.6 Å². The lowest BCUT2D eigenvalue weighted by Gasteiger charge is -2.13. The number of imidazole rings is 1. The average Bonchev–Trinajstić information content (AvgIpc) is 3.47. The van der Waals surface area contributed by atoms with Gasteiger partial charge in [-0.05, 0) is 48.4 Å². The monoisotopic (exact) mass is 600 g/mol. The Morgan fingerprint density at radius 3 is 2.59 bits per heavy atom. The SMILES string of the molecule is CCc1cc(Nc2nccn3c(-c4ccc(Oc5ccccn5)c(F)c4F)cnc23)ccc1C(=O)NCCNC(=O)CCN. The van der Waals surface area contributed by atoms with E-state index in [0.717, 1.165) is 5.56 Å². The molecule has 2 aromatic carbocycles. The fraction of sp³-hybridized carbons (Fsp3) is 0.194. The van der Waals surface area contributed by atoms with Gasteiger partial charge in [0.2, 0.25) is 17.6 Å². The van der Waals surface area contributed by atoms with E-state index in [1.165, 1.54) is 36.8 Å². The van der Waals surface area contributed by atoms with Crippen LogP contribution in [0.15, 0.2) is 73.3 Å². The number of benzene rings is 2. The molecule has 3 aromatic heterocycles. The minimum absolute atomic E-state index is 0.0110. The number of amides is 2. The molecule has 0 aliphatic heterocycles. The van der Waals surface area contributed by atoms with Gasteiger partial charge in [-0.3, -0.25) is 14.0 Å². The van der Waals surface area contributed by atoms with Gasteiger partial charge in [-0.25, -0.2) is 19.3 Å². The number of hydrogen-bond donors (Lipinski definition) is 4. The van der Waals surface area contributed by atoms with E-state index in [-0.39, 0.29) is 48.5 Å². The van der Waals surface area contributed by atoms with Crippen LogP contribution < -0.4 is 26.4 Å². The van der Waals surface area contributed by atoms with E-state index in [1.807, 2.05) is 13.0 Å². The molecule has 0 aliphatic rings. The van der Waals surface area contributed by atoms with Crippen molar-refractivity contribution in [2.45, 2.75) is 19.8 Å². The molecule has 0 fully saturated rings. The van der Waals surface area contributed by atoms with Crippen molar-refractivity contribution in [3.8, 4) is 22.9 Å². The van der Waals surface area contributed by atoms with Crippen LogP contribution in [-0.2, 0) is 11.2 Å². The van der Waals surface area contributed by atoms with Crippen LogP contribution >= 0.6 is 0 Å². The Balaban J connectivity index is 1.33. The first-order valence-electron chi connectivity index (χ1n) is 13.9. The number of carbonyl (C=O) groups is 2. The normalized spacial score (nSPS) is 10.9. The van der Waals surface area contributed by atoms with Crippen LogP contribution in [0.25, 0.3) is 16.9 Å². The molecule has 226 valence electrons. The highest BCUT2D eigenvalue weighted by atomic mass is 19.2. The summed E-state index contributed by atoms with van der Waals surface area (Å²) in [5, 5.41) is 8.71. The van der Waals surface area contributed by atoms with E-state index in [1.54, 1.807) is 34.9 Å². The van der Waals surface area contributed by atoms with Gasteiger partial charge in [0.15, 0.2) is 23.0 Å². The Bertz CT molecular complexity index is 1800. The number of hydrogen-bond acceptors (Lipinski definition) is 8. The molecule has 13 heteroatoms. The highest BCUT2D eigenvalue weighted by Crippen LogP contribution is 2.33. The number of fused-ring (bicyclic) bond motifs is 1. The third-order valence-corrected chi connectivity index (χ3v) is 6.70. The Kier molecular flexibility index (Phi) is 9.35. The number of anilines is 2. The van der Waals surface area contributed by atoms with Crippen LogP contribution in [0.2, 0.25) is 0 Å². The van der Waals surface area contributed by atoms with E-state index in [2.05, 4.69) is 30.9 Å². The summed E-state index contributed by atoms with van der Waals surface area (Å²) in [4.78, 5) is 37.1. The van der Waals surface area contributed by atoms with E-state index in [4.69, 9.17) is 10.5 Å². The lowest BCUT2D eigenvalue weighted by molar-refractivity contribution is -0.120. The maximum absolute atomic E-state index is 15.3. The third kappa shape index (κ3) is 6.63. The summed E-state index contributed by atoms with van der Waals surface area (Å²) in [6.45, 7) is 2.77. The molecule has 11 nitrogen and oxygen atoms in total. The Morgan fingerprint density at radius 2 is 1.82 bits per heavy atom. The van der Waals surface area contributed by atoms with Gasteiger partial charge >= 0.3 is 0 Å². The van der Waals surface area contributed by atoms with Gasteiger partial charge in [-0.2, -0.15) is 4.39 Å². The molecule has 0 bridgehead atoms. The lowest BCUT2D eigenvalue weighted by atomic mass is 10.0. The van der Waals surface area contributed by atoms with E-state index >= 15 is 4.39 Å². The molecule has 44 heavy (non-hydrogen) atoms. The second kappa shape index (κ2) is 13.7. The summed E-state index contributed by atoms with van der Waals surface area (Å²) in [7, 11) is 0. The highest BCUT2D eigenvalue weighted by Gasteiger charge is 2.20. The summed E-state index contributed by atoms with van der Waals surface area (Å²) < 4.78 is 37.2. The molecule has 2 amide bonds. The first-order chi connectivity index (χ1) is 21.4. The number of aromatic nitrogens is 4. The third-order valence-electron chi connectivity index (χ3n) is 6.70. The molecule has 0 saturated carbocycles. The van der Waals surface area contributed by atoms with Crippen LogP contribution in [0.3, 0.4) is 0 Å². The number of halogens is 2. The van der Waals surface area contributed by atoms with E-state index in [9.17, 15) is 14.0 Å². The topological polar surface area (TPSA) is 149 Å². The van der Waals surface area contributed by atoms with Crippen LogP contribution in [0, 0.1) is 11.6 Å². The van der Waals surface area contributed by atoms with Gasteiger partial charge in [0, 0.05) is 67.5 Å². The summed E-state index contributed by atoms with van der Waals surface area (Å²) in [6, 6.07) is 12.9. The summed E-state index contributed by atoms with van der Waals surface area (Å²) in [5.41, 5.74) is 8.00. The van der Waals surface area contributed by atoms with Crippen molar-refractivity contribution in [3.63, 3.8) is 0 Å². The molecular formula is C31H30F2N8O3. The van der Waals surface area contributed by atoms with Crippen molar-refractivity contribution in [2.75, 3.05) is 25.0 Å². The molecule has 3 heterocycles. The minimum Gasteiger partial charge on any atom is -0.436 e. The number of nitrogens with two attached hydrogens (primary N) is 1. The zero-order chi connectivity index (χ0) is 31.1. The molecule has 5 N–H and O–H groups in total. The quantitative estimate of drug-likeness (QED) is 0.154. The van der Waals surface area contributed by atoms with Crippen LogP contribution in [-0.4, -0.2) is 50.8 Å². The fourth-order valence-electron chi connectivity index (χ4n) is 4.55. The number of nitrogens with one attached hydrogen (secondary N) is 3. The second-order valence-electron chi connectivity index (χ2n) is 9.62. The summed E-state index contributed by atoms with van der Waals surface area (Å²) in [6.07, 6.45) is 6.85. The van der Waals surface area contributed by atoms with Crippen molar-refractivity contribution < 1.29 is 23.1 Å². The van der Waals surface area contributed by atoms with Crippen LogP contribution in [0.4, 0.5) is 20.3 Å². The Labute approximate surface area is 251 Å². The maximum atomic E-state index is 15.3. The van der Waals surface area contributed by atoms with Crippen molar-refractivity contribution in [1.82, 2.24) is 30.0 Å². The van der Waals surface area contributed by atoms with Crippen molar-refractivity contribution in [2.24, 2.45) is 5.73 Å². The molecule has 0 spiro atoms. The number of rotatable bonds is 12. The molecular weight excluding hydrogens is 570 g/mol. The van der Waals surface area contributed by atoms with E-state index < -0.39 is 11.6 Å².